The molecule has 2 bridgehead atoms. The van der Waals surface area contributed by atoms with E-state index >= 15 is 0 Å². The van der Waals surface area contributed by atoms with Gasteiger partial charge in [0.05, 0.1) is 6.10 Å². The topological polar surface area (TPSA) is 20.2 Å². The fourth-order valence-electron chi connectivity index (χ4n) is 2.28. The van der Waals surface area contributed by atoms with Crippen LogP contribution >= 0.6 is 0 Å². The third-order valence-corrected chi connectivity index (χ3v) is 3.37. The summed E-state index contributed by atoms with van der Waals surface area (Å²) in [6.07, 6.45) is 5.15. The van der Waals surface area contributed by atoms with Gasteiger partial charge in [-0.15, -0.1) is 0 Å². The van der Waals surface area contributed by atoms with Crippen molar-refractivity contribution >= 4 is 0 Å². The molecule has 0 saturated heterocycles. The number of hydrogen-bond donors (Lipinski definition) is 1. The van der Waals surface area contributed by atoms with Crippen LogP contribution in [0.15, 0.2) is 12.2 Å². The maximum absolute atomic E-state index is 9.46. The third-order valence-electron chi connectivity index (χ3n) is 3.37. The van der Waals surface area contributed by atoms with E-state index in [0.717, 1.165) is 5.92 Å². The fourth-order valence-corrected chi connectivity index (χ4v) is 2.28. The number of allylic oxidation sites excluding steroid dienone is 1. The molecule has 56 valence electrons. The molecular weight excluding hydrogens is 124 g/mol. The molecule has 1 saturated carbocycles. The Bertz CT molecular complexity index is 181. The van der Waals surface area contributed by atoms with Gasteiger partial charge in [-0.3, -0.25) is 0 Å². The predicted octanol–water partition coefficient (Wildman–Crippen LogP) is 1.58. The van der Waals surface area contributed by atoms with Crippen molar-refractivity contribution in [3.05, 3.63) is 12.2 Å². The van der Waals surface area contributed by atoms with Crippen molar-refractivity contribution in [1.82, 2.24) is 0 Å². The lowest BCUT2D eigenvalue weighted by molar-refractivity contribution is -0.0692. The Balaban J connectivity index is 2.28. The summed E-state index contributed by atoms with van der Waals surface area (Å²) in [7, 11) is 0. The molecule has 1 fully saturated rings. The highest BCUT2D eigenvalue weighted by Crippen LogP contribution is 2.56. The van der Waals surface area contributed by atoms with E-state index in [1.807, 2.05) is 6.08 Å². The summed E-state index contributed by atoms with van der Waals surface area (Å²) in [5, 5.41) is 9.46. The molecule has 0 amide bonds. The first-order valence-electron chi connectivity index (χ1n) is 3.99. The monoisotopic (exact) mass is 138 g/mol. The molecular formula is C9H14O. The summed E-state index contributed by atoms with van der Waals surface area (Å²) in [6, 6.07) is 0. The zero-order valence-corrected chi connectivity index (χ0v) is 6.54. The molecule has 1 nitrogen and oxygen atoms in total. The van der Waals surface area contributed by atoms with Crippen LogP contribution in [0.2, 0.25) is 0 Å². The first-order valence-corrected chi connectivity index (χ1v) is 3.99. The van der Waals surface area contributed by atoms with Crippen LogP contribution in [0.5, 0.6) is 0 Å². The van der Waals surface area contributed by atoms with Crippen molar-refractivity contribution in [2.24, 2.45) is 17.3 Å². The standard InChI is InChI=1S/C9H14O/c1-9(2)6-3-4-8(10)7(9)5-6/h3-4,6-8,10H,5H2,1-2H3/t6-,7-,8+/m1/s1. The number of aliphatic hydroxyl groups excluding tert-OH is 1. The first-order chi connectivity index (χ1) is 4.62. The van der Waals surface area contributed by atoms with Crippen LogP contribution in [0.3, 0.4) is 0 Å². The van der Waals surface area contributed by atoms with Crippen LogP contribution < -0.4 is 0 Å². The van der Waals surface area contributed by atoms with E-state index in [9.17, 15) is 5.11 Å². The quantitative estimate of drug-likeness (QED) is 0.504. The lowest BCUT2D eigenvalue weighted by Gasteiger charge is -2.55. The van der Waals surface area contributed by atoms with Gasteiger partial charge in [-0.05, 0) is 23.7 Å². The lowest BCUT2D eigenvalue weighted by atomic mass is 9.50. The molecule has 3 aliphatic rings. The number of hydrogen-bond acceptors (Lipinski definition) is 1. The highest BCUT2D eigenvalue weighted by molar-refractivity contribution is 5.17. The Morgan fingerprint density at radius 2 is 2.10 bits per heavy atom. The maximum atomic E-state index is 9.46. The van der Waals surface area contributed by atoms with Gasteiger partial charge in [-0.25, -0.2) is 0 Å². The second-order valence-electron chi connectivity index (χ2n) is 4.15. The van der Waals surface area contributed by atoms with Gasteiger partial charge in [-0.2, -0.15) is 0 Å². The Kier molecular flexibility index (Phi) is 1.06. The number of fused-ring (bicyclic) bond motifs is 1. The van der Waals surface area contributed by atoms with Crippen molar-refractivity contribution in [3.8, 4) is 0 Å². The van der Waals surface area contributed by atoms with Crippen LogP contribution in [0, 0.1) is 17.3 Å². The van der Waals surface area contributed by atoms with E-state index in [1.165, 1.54) is 6.42 Å². The Labute approximate surface area is 61.8 Å². The van der Waals surface area contributed by atoms with Crippen LogP contribution in [0.25, 0.3) is 0 Å². The molecule has 0 radical (unpaired) electrons. The maximum Gasteiger partial charge on any atom is 0.0754 e. The summed E-state index contributed by atoms with van der Waals surface area (Å²) in [4.78, 5) is 0. The number of aliphatic hydroxyl groups is 1. The van der Waals surface area contributed by atoms with E-state index in [0.29, 0.717) is 11.3 Å². The molecule has 3 atom stereocenters. The minimum atomic E-state index is -0.167. The average Bonchev–Trinajstić information content (AvgIpc) is 1.87. The van der Waals surface area contributed by atoms with Crippen molar-refractivity contribution < 1.29 is 5.11 Å². The largest absolute Gasteiger partial charge is 0.389 e. The smallest absolute Gasteiger partial charge is 0.0754 e. The molecule has 0 heterocycles. The van der Waals surface area contributed by atoms with Gasteiger partial charge < -0.3 is 5.11 Å². The van der Waals surface area contributed by atoms with Gasteiger partial charge in [0.1, 0.15) is 0 Å². The average molecular weight is 138 g/mol. The second-order valence-corrected chi connectivity index (χ2v) is 4.15. The zero-order valence-electron chi connectivity index (χ0n) is 6.54. The van der Waals surface area contributed by atoms with Crippen molar-refractivity contribution in [2.75, 3.05) is 0 Å². The van der Waals surface area contributed by atoms with Gasteiger partial charge in [-0.1, -0.05) is 26.0 Å². The summed E-state index contributed by atoms with van der Waals surface area (Å²) >= 11 is 0. The Morgan fingerprint density at radius 3 is 2.40 bits per heavy atom. The van der Waals surface area contributed by atoms with E-state index in [-0.39, 0.29) is 6.10 Å². The van der Waals surface area contributed by atoms with Gasteiger partial charge in [0.2, 0.25) is 0 Å². The second kappa shape index (κ2) is 1.65. The van der Waals surface area contributed by atoms with Crippen molar-refractivity contribution in [3.63, 3.8) is 0 Å². The normalized spacial score (nSPS) is 48.5. The molecule has 0 aliphatic heterocycles. The predicted molar refractivity (Wildman–Crippen MR) is 40.5 cm³/mol. The minimum absolute atomic E-state index is 0.167. The van der Waals surface area contributed by atoms with Crippen LogP contribution in [-0.2, 0) is 0 Å². The lowest BCUT2D eigenvalue weighted by Crippen LogP contribution is -2.51. The molecule has 3 aliphatic carbocycles. The number of rotatable bonds is 0. The van der Waals surface area contributed by atoms with Crippen LogP contribution in [0.4, 0.5) is 0 Å². The molecule has 0 unspecified atom stereocenters. The zero-order chi connectivity index (χ0) is 7.35. The van der Waals surface area contributed by atoms with Gasteiger partial charge in [0, 0.05) is 0 Å². The van der Waals surface area contributed by atoms with E-state index < -0.39 is 0 Å². The molecule has 0 aromatic carbocycles. The van der Waals surface area contributed by atoms with E-state index in [1.54, 1.807) is 0 Å². The molecule has 0 aromatic rings. The third kappa shape index (κ3) is 0.567. The van der Waals surface area contributed by atoms with E-state index in [2.05, 4.69) is 19.9 Å². The molecule has 1 N–H and O–H groups in total. The van der Waals surface area contributed by atoms with Gasteiger partial charge in [0.25, 0.3) is 0 Å². The van der Waals surface area contributed by atoms with Crippen LogP contribution in [-0.4, -0.2) is 11.2 Å². The molecule has 3 rings (SSSR count). The first kappa shape index (κ1) is 6.41. The molecule has 0 spiro atoms. The van der Waals surface area contributed by atoms with Gasteiger partial charge >= 0.3 is 0 Å². The van der Waals surface area contributed by atoms with Crippen molar-refractivity contribution in [2.45, 2.75) is 26.4 Å². The summed E-state index contributed by atoms with van der Waals surface area (Å²) in [5.74, 6) is 1.27. The fraction of sp³-hybridized carbons (Fsp3) is 0.778. The summed E-state index contributed by atoms with van der Waals surface area (Å²) in [6.45, 7) is 4.50. The molecule has 10 heavy (non-hydrogen) atoms. The summed E-state index contributed by atoms with van der Waals surface area (Å²) in [5.41, 5.74) is 0.369. The Morgan fingerprint density at radius 1 is 1.40 bits per heavy atom. The van der Waals surface area contributed by atoms with Crippen molar-refractivity contribution in [1.29, 1.82) is 0 Å². The van der Waals surface area contributed by atoms with Gasteiger partial charge in [0.15, 0.2) is 0 Å². The highest BCUT2D eigenvalue weighted by atomic mass is 16.3. The molecule has 1 heteroatoms. The summed E-state index contributed by atoms with van der Waals surface area (Å²) < 4.78 is 0. The van der Waals surface area contributed by atoms with Crippen LogP contribution in [0.1, 0.15) is 20.3 Å². The SMILES string of the molecule is CC1(C)[C@@H]2C=C[C@H](O)[C@H]1C2. The highest BCUT2D eigenvalue weighted by Gasteiger charge is 2.51. The van der Waals surface area contributed by atoms with E-state index in [4.69, 9.17) is 0 Å². The Hall–Kier alpha value is -0.300. The minimum Gasteiger partial charge on any atom is -0.389 e. The molecule has 0 aromatic heterocycles.